The van der Waals surface area contributed by atoms with Crippen LogP contribution in [0, 0.1) is 0 Å². The number of ether oxygens (including phenoxy) is 1. The van der Waals surface area contributed by atoms with Gasteiger partial charge in [0, 0.05) is 21.1 Å². The molecule has 1 aromatic rings. The van der Waals surface area contributed by atoms with E-state index in [4.69, 9.17) is 4.74 Å². The van der Waals surface area contributed by atoms with E-state index in [1.165, 1.54) is 0 Å². The molecule has 1 amide bonds. The van der Waals surface area contributed by atoms with Crippen molar-refractivity contribution in [3.8, 4) is 5.75 Å². The molecule has 0 saturated heterocycles. The highest BCUT2D eigenvalue weighted by Gasteiger charge is 2.26. The second-order valence-electron chi connectivity index (χ2n) is 4.44. The first kappa shape index (κ1) is 11.8. The van der Waals surface area contributed by atoms with E-state index in [-0.39, 0.29) is 5.91 Å². The van der Waals surface area contributed by atoms with Crippen molar-refractivity contribution in [3.63, 3.8) is 0 Å². The van der Waals surface area contributed by atoms with E-state index in [9.17, 15) is 4.79 Å². The number of rotatable bonds is 4. The Hall–Kier alpha value is -1.71. The molecule has 0 radical (unpaired) electrons. The zero-order chi connectivity index (χ0) is 12.4. The smallest absolute Gasteiger partial charge is 0.253 e. The Morgan fingerprint density at radius 2 is 2.12 bits per heavy atom. The Balaban J connectivity index is 2.39. The number of hydrogen-bond acceptors (Lipinski definition) is 3. The molecule has 4 heteroatoms. The Morgan fingerprint density at radius 3 is 2.65 bits per heavy atom. The van der Waals surface area contributed by atoms with Crippen LogP contribution in [0.15, 0.2) is 18.2 Å². The molecule has 0 spiro atoms. The van der Waals surface area contributed by atoms with Crippen molar-refractivity contribution < 1.29 is 9.53 Å². The van der Waals surface area contributed by atoms with Crippen LogP contribution in [0.2, 0.25) is 0 Å². The molecule has 0 unspecified atom stereocenters. The molecule has 1 aliphatic carbocycles. The minimum Gasteiger partial charge on any atom is -0.488 e. The number of carbonyl (C=O) groups excluding carboxylic acids is 1. The van der Waals surface area contributed by atoms with E-state index in [0.29, 0.717) is 11.7 Å². The van der Waals surface area contributed by atoms with E-state index in [0.717, 1.165) is 24.3 Å². The topological polar surface area (TPSA) is 41.6 Å². The van der Waals surface area contributed by atoms with Crippen LogP contribution in [-0.4, -0.2) is 33.2 Å². The molecule has 1 aliphatic rings. The lowest BCUT2D eigenvalue weighted by Crippen LogP contribution is -2.22. The minimum atomic E-state index is -0.0880. The van der Waals surface area contributed by atoms with Gasteiger partial charge in [-0.25, -0.2) is 0 Å². The van der Waals surface area contributed by atoms with Gasteiger partial charge >= 0.3 is 0 Å². The van der Waals surface area contributed by atoms with Gasteiger partial charge < -0.3 is 15.0 Å². The van der Waals surface area contributed by atoms with Gasteiger partial charge in [-0.1, -0.05) is 6.07 Å². The number of amides is 1. The third kappa shape index (κ3) is 2.52. The van der Waals surface area contributed by atoms with E-state index in [1.807, 2.05) is 37.2 Å². The summed E-state index contributed by atoms with van der Waals surface area (Å²) in [6.45, 7) is 0. The summed E-state index contributed by atoms with van der Waals surface area (Å²) in [5, 5.41) is 2.65. The number of carbonyl (C=O) groups is 1. The number of benzene rings is 1. The monoisotopic (exact) mass is 234 g/mol. The number of nitrogens with one attached hydrogen (secondary N) is 1. The third-order valence-electron chi connectivity index (χ3n) is 2.74. The molecule has 1 aromatic carbocycles. The fourth-order valence-electron chi connectivity index (χ4n) is 1.76. The third-order valence-corrected chi connectivity index (χ3v) is 2.74. The molecule has 0 bridgehead atoms. The van der Waals surface area contributed by atoms with Gasteiger partial charge in [-0.3, -0.25) is 4.79 Å². The molecule has 1 N–H and O–H groups in total. The highest BCUT2D eigenvalue weighted by atomic mass is 16.5. The Kier molecular flexibility index (Phi) is 3.22. The van der Waals surface area contributed by atoms with Gasteiger partial charge in [0.1, 0.15) is 5.75 Å². The normalized spacial score (nSPS) is 14.3. The van der Waals surface area contributed by atoms with Crippen LogP contribution in [0.4, 0.5) is 5.69 Å². The van der Waals surface area contributed by atoms with Crippen molar-refractivity contribution in [3.05, 3.63) is 23.8 Å². The molecule has 1 fully saturated rings. The summed E-state index contributed by atoms with van der Waals surface area (Å²) in [6.07, 6.45) is 2.54. The molecular weight excluding hydrogens is 216 g/mol. The van der Waals surface area contributed by atoms with Gasteiger partial charge in [0.15, 0.2) is 0 Å². The maximum absolute atomic E-state index is 11.8. The van der Waals surface area contributed by atoms with Crippen molar-refractivity contribution in [1.82, 2.24) is 5.32 Å². The van der Waals surface area contributed by atoms with Crippen LogP contribution in [-0.2, 0) is 0 Å². The van der Waals surface area contributed by atoms with E-state index >= 15 is 0 Å². The highest BCUT2D eigenvalue weighted by Crippen LogP contribution is 2.35. The average molecular weight is 234 g/mol. The molecule has 1 saturated carbocycles. The average Bonchev–Trinajstić information content (AvgIpc) is 3.11. The molecule has 2 rings (SSSR count). The quantitative estimate of drug-likeness (QED) is 0.861. The SMILES string of the molecule is CNC(=O)c1cccc(OC2CC2)c1N(C)C. The zero-order valence-corrected chi connectivity index (χ0v) is 10.5. The van der Waals surface area contributed by atoms with Crippen LogP contribution >= 0.6 is 0 Å². The lowest BCUT2D eigenvalue weighted by atomic mass is 10.1. The van der Waals surface area contributed by atoms with E-state index < -0.39 is 0 Å². The summed E-state index contributed by atoms with van der Waals surface area (Å²) < 4.78 is 5.83. The van der Waals surface area contributed by atoms with Crippen LogP contribution in [0.25, 0.3) is 0 Å². The van der Waals surface area contributed by atoms with Crippen molar-refractivity contribution in [2.24, 2.45) is 0 Å². The van der Waals surface area contributed by atoms with Gasteiger partial charge in [-0.15, -0.1) is 0 Å². The fourth-order valence-corrected chi connectivity index (χ4v) is 1.76. The standard InChI is InChI=1S/C13H18N2O2/c1-14-13(16)10-5-4-6-11(12(10)15(2)3)17-9-7-8-9/h4-6,9H,7-8H2,1-3H3,(H,14,16). The van der Waals surface area contributed by atoms with Crippen LogP contribution in [0.1, 0.15) is 23.2 Å². The molecule has 0 atom stereocenters. The Bertz CT molecular complexity index is 425. The van der Waals surface area contributed by atoms with Gasteiger partial charge in [0.25, 0.3) is 5.91 Å². The van der Waals surface area contributed by atoms with Gasteiger partial charge in [-0.2, -0.15) is 0 Å². The summed E-state index contributed by atoms with van der Waals surface area (Å²) in [6, 6.07) is 5.59. The summed E-state index contributed by atoms with van der Waals surface area (Å²) >= 11 is 0. The predicted molar refractivity (Wildman–Crippen MR) is 67.8 cm³/mol. The van der Waals surface area contributed by atoms with Crippen molar-refractivity contribution in [2.45, 2.75) is 18.9 Å². The summed E-state index contributed by atoms with van der Waals surface area (Å²) in [5.41, 5.74) is 1.49. The number of para-hydroxylation sites is 1. The van der Waals surface area contributed by atoms with Gasteiger partial charge in [-0.05, 0) is 25.0 Å². The van der Waals surface area contributed by atoms with Crippen LogP contribution < -0.4 is 15.0 Å². The maximum atomic E-state index is 11.8. The molecule has 0 heterocycles. The second kappa shape index (κ2) is 4.65. The maximum Gasteiger partial charge on any atom is 0.253 e. The van der Waals surface area contributed by atoms with Crippen molar-refractivity contribution >= 4 is 11.6 Å². The molecular formula is C13H18N2O2. The number of hydrogen-bond donors (Lipinski definition) is 1. The molecule has 17 heavy (non-hydrogen) atoms. The predicted octanol–water partition coefficient (Wildman–Crippen LogP) is 1.65. The minimum absolute atomic E-state index is 0.0880. The van der Waals surface area contributed by atoms with E-state index in [1.54, 1.807) is 7.05 Å². The summed E-state index contributed by atoms with van der Waals surface area (Å²) in [5.74, 6) is 0.702. The Labute approximate surface area is 102 Å². The molecule has 0 aromatic heterocycles. The Morgan fingerprint density at radius 1 is 1.41 bits per heavy atom. The number of anilines is 1. The molecule has 4 nitrogen and oxygen atoms in total. The highest BCUT2D eigenvalue weighted by molar-refractivity contribution is 6.01. The lowest BCUT2D eigenvalue weighted by Gasteiger charge is -2.20. The summed E-state index contributed by atoms with van der Waals surface area (Å²) in [4.78, 5) is 13.7. The van der Waals surface area contributed by atoms with Crippen LogP contribution in [0.3, 0.4) is 0 Å². The first-order chi connectivity index (χ1) is 8.13. The molecule has 0 aliphatic heterocycles. The zero-order valence-electron chi connectivity index (χ0n) is 10.5. The largest absolute Gasteiger partial charge is 0.488 e. The second-order valence-corrected chi connectivity index (χ2v) is 4.44. The first-order valence-corrected chi connectivity index (χ1v) is 5.82. The lowest BCUT2D eigenvalue weighted by molar-refractivity contribution is 0.0963. The molecule has 92 valence electrons. The van der Waals surface area contributed by atoms with Crippen molar-refractivity contribution in [1.29, 1.82) is 0 Å². The van der Waals surface area contributed by atoms with Crippen molar-refractivity contribution in [2.75, 3.05) is 26.0 Å². The van der Waals surface area contributed by atoms with Gasteiger partial charge in [0.05, 0.1) is 17.4 Å². The van der Waals surface area contributed by atoms with Gasteiger partial charge in [0.2, 0.25) is 0 Å². The first-order valence-electron chi connectivity index (χ1n) is 5.82. The van der Waals surface area contributed by atoms with Crippen LogP contribution in [0.5, 0.6) is 5.75 Å². The fraction of sp³-hybridized carbons (Fsp3) is 0.462. The summed E-state index contributed by atoms with van der Waals surface area (Å²) in [7, 11) is 5.47. The van der Waals surface area contributed by atoms with E-state index in [2.05, 4.69) is 5.32 Å². The number of nitrogens with zero attached hydrogens (tertiary/aromatic N) is 1.